The van der Waals surface area contributed by atoms with Crippen LogP contribution in [0, 0.1) is 0 Å². The van der Waals surface area contributed by atoms with Crippen LogP contribution in [0.15, 0.2) is 40.2 Å². The predicted molar refractivity (Wildman–Crippen MR) is 76.0 cm³/mol. The molecule has 1 heterocycles. The van der Waals surface area contributed by atoms with E-state index in [0.29, 0.717) is 5.56 Å². The van der Waals surface area contributed by atoms with Crippen LogP contribution in [-0.2, 0) is 0 Å². The number of nitrogens with one attached hydrogen (secondary N) is 2. The molecule has 17 heavy (non-hydrogen) atoms. The predicted octanol–water partition coefficient (Wildman–Crippen LogP) is 3.80. The van der Waals surface area contributed by atoms with E-state index < -0.39 is 0 Å². The second-order valence-electron chi connectivity index (χ2n) is 3.41. The van der Waals surface area contributed by atoms with Gasteiger partial charge in [-0.15, -0.1) is 11.3 Å². The molecule has 0 bridgehead atoms. The molecule has 5 heteroatoms. The van der Waals surface area contributed by atoms with Gasteiger partial charge in [0.15, 0.2) is 0 Å². The van der Waals surface area contributed by atoms with Gasteiger partial charge in [0.2, 0.25) is 0 Å². The summed E-state index contributed by atoms with van der Waals surface area (Å²) in [4.78, 5) is 11.9. The van der Waals surface area contributed by atoms with Crippen LogP contribution in [-0.4, -0.2) is 13.0 Å². The highest BCUT2D eigenvalue weighted by Gasteiger charge is 2.07. The summed E-state index contributed by atoms with van der Waals surface area (Å²) in [7, 11) is 1.85. The van der Waals surface area contributed by atoms with Crippen LogP contribution >= 0.6 is 27.3 Å². The van der Waals surface area contributed by atoms with E-state index in [-0.39, 0.29) is 5.91 Å². The van der Waals surface area contributed by atoms with Crippen molar-refractivity contribution >= 4 is 43.9 Å². The number of rotatable bonds is 3. The minimum atomic E-state index is -0.0954. The summed E-state index contributed by atoms with van der Waals surface area (Å²) in [6, 6.07) is 9.22. The molecule has 0 atom stereocenters. The molecule has 0 radical (unpaired) electrons. The first-order chi connectivity index (χ1) is 8.19. The van der Waals surface area contributed by atoms with Crippen molar-refractivity contribution in [3.05, 3.63) is 45.7 Å². The Morgan fingerprint density at radius 1 is 1.29 bits per heavy atom. The van der Waals surface area contributed by atoms with Gasteiger partial charge in [-0.05, 0) is 46.3 Å². The van der Waals surface area contributed by atoms with E-state index in [0.717, 1.165) is 15.2 Å². The van der Waals surface area contributed by atoms with Crippen LogP contribution in [0.3, 0.4) is 0 Å². The second-order valence-corrected chi connectivity index (χ2v) is 5.24. The number of thiophene rings is 1. The smallest absolute Gasteiger partial charge is 0.256 e. The Labute approximate surface area is 112 Å². The number of hydrogen-bond donors (Lipinski definition) is 2. The maximum absolute atomic E-state index is 11.9. The Hall–Kier alpha value is -1.33. The van der Waals surface area contributed by atoms with Crippen molar-refractivity contribution in [2.45, 2.75) is 0 Å². The molecule has 0 fully saturated rings. The first-order valence-corrected chi connectivity index (χ1v) is 6.69. The van der Waals surface area contributed by atoms with Crippen molar-refractivity contribution in [3.63, 3.8) is 0 Å². The first kappa shape index (κ1) is 12.1. The van der Waals surface area contributed by atoms with Gasteiger partial charge in [-0.2, -0.15) is 0 Å². The minimum absolute atomic E-state index is 0.0954. The summed E-state index contributed by atoms with van der Waals surface area (Å²) in [5, 5.41) is 8.62. The lowest BCUT2D eigenvalue weighted by atomic mass is 10.2. The van der Waals surface area contributed by atoms with Crippen molar-refractivity contribution in [1.29, 1.82) is 0 Å². The van der Waals surface area contributed by atoms with E-state index in [1.165, 1.54) is 11.3 Å². The van der Waals surface area contributed by atoms with E-state index in [9.17, 15) is 4.79 Å². The topological polar surface area (TPSA) is 41.1 Å². The Morgan fingerprint density at radius 2 is 2.00 bits per heavy atom. The van der Waals surface area contributed by atoms with Crippen LogP contribution in [0.2, 0.25) is 0 Å². The van der Waals surface area contributed by atoms with Crippen molar-refractivity contribution < 1.29 is 4.79 Å². The third-order valence-corrected chi connectivity index (χ3v) is 3.85. The molecule has 1 aromatic carbocycles. The second kappa shape index (κ2) is 5.33. The van der Waals surface area contributed by atoms with Gasteiger partial charge in [0.05, 0.1) is 5.00 Å². The molecule has 1 amide bonds. The molecule has 0 aliphatic carbocycles. The fourth-order valence-corrected chi connectivity index (χ4v) is 2.67. The standard InChI is InChI=1S/C12H11BrN2OS/c1-14-10-4-2-8(3-5-10)12(16)15-11-6-9(13)7-17-11/h2-7,14H,1H3,(H,15,16). The van der Waals surface area contributed by atoms with E-state index in [1.54, 1.807) is 12.1 Å². The lowest BCUT2D eigenvalue weighted by Gasteiger charge is -2.04. The highest BCUT2D eigenvalue weighted by molar-refractivity contribution is 9.10. The largest absolute Gasteiger partial charge is 0.388 e. The summed E-state index contributed by atoms with van der Waals surface area (Å²) in [6.07, 6.45) is 0. The number of carbonyl (C=O) groups is 1. The zero-order chi connectivity index (χ0) is 12.3. The molecule has 0 aliphatic heterocycles. The summed E-state index contributed by atoms with van der Waals surface area (Å²) in [5.74, 6) is -0.0954. The fourth-order valence-electron chi connectivity index (χ4n) is 1.35. The quantitative estimate of drug-likeness (QED) is 0.905. The maximum Gasteiger partial charge on any atom is 0.256 e. The number of carbonyl (C=O) groups excluding carboxylic acids is 1. The molecule has 2 rings (SSSR count). The van der Waals surface area contributed by atoms with Crippen LogP contribution in [0.5, 0.6) is 0 Å². The van der Waals surface area contributed by atoms with Gasteiger partial charge in [0.25, 0.3) is 5.91 Å². The van der Waals surface area contributed by atoms with Crippen molar-refractivity contribution in [2.75, 3.05) is 17.7 Å². The molecular weight excluding hydrogens is 300 g/mol. The summed E-state index contributed by atoms with van der Waals surface area (Å²) in [5.41, 5.74) is 1.63. The van der Waals surface area contributed by atoms with Gasteiger partial charge < -0.3 is 10.6 Å². The Bertz CT molecular complexity index is 522. The molecule has 2 N–H and O–H groups in total. The highest BCUT2D eigenvalue weighted by atomic mass is 79.9. The normalized spacial score (nSPS) is 10.0. The van der Waals surface area contributed by atoms with Crippen LogP contribution < -0.4 is 10.6 Å². The number of amides is 1. The molecular formula is C12H11BrN2OS. The van der Waals surface area contributed by atoms with Gasteiger partial charge in [-0.25, -0.2) is 0 Å². The van der Waals surface area contributed by atoms with Gasteiger partial charge in [0.1, 0.15) is 0 Å². The Balaban J connectivity index is 2.09. The van der Waals surface area contributed by atoms with Crippen LogP contribution in [0.25, 0.3) is 0 Å². The summed E-state index contributed by atoms with van der Waals surface area (Å²) < 4.78 is 0.975. The number of hydrogen-bond acceptors (Lipinski definition) is 3. The third kappa shape index (κ3) is 3.08. The molecule has 0 saturated carbocycles. The average molecular weight is 311 g/mol. The number of benzene rings is 1. The Kier molecular flexibility index (Phi) is 3.81. The zero-order valence-electron chi connectivity index (χ0n) is 9.16. The third-order valence-electron chi connectivity index (χ3n) is 2.24. The van der Waals surface area contributed by atoms with Crippen molar-refractivity contribution in [3.8, 4) is 0 Å². The molecule has 88 valence electrons. The lowest BCUT2D eigenvalue weighted by Crippen LogP contribution is -2.10. The molecule has 2 aromatic rings. The van der Waals surface area contributed by atoms with E-state index in [4.69, 9.17) is 0 Å². The van der Waals surface area contributed by atoms with Gasteiger partial charge in [-0.1, -0.05) is 0 Å². The Morgan fingerprint density at radius 3 is 2.53 bits per heavy atom. The molecule has 0 aliphatic rings. The van der Waals surface area contributed by atoms with Gasteiger partial charge in [0, 0.05) is 28.2 Å². The monoisotopic (exact) mass is 310 g/mol. The summed E-state index contributed by atoms with van der Waals surface area (Å²) >= 11 is 4.84. The van der Waals surface area contributed by atoms with Crippen LogP contribution in [0.1, 0.15) is 10.4 Å². The molecule has 0 unspecified atom stereocenters. The SMILES string of the molecule is CNc1ccc(C(=O)Nc2cc(Br)cs2)cc1. The molecule has 0 saturated heterocycles. The van der Waals surface area contributed by atoms with E-state index in [2.05, 4.69) is 26.6 Å². The zero-order valence-corrected chi connectivity index (χ0v) is 11.6. The average Bonchev–Trinajstić information content (AvgIpc) is 2.75. The maximum atomic E-state index is 11.9. The van der Waals surface area contributed by atoms with Gasteiger partial charge >= 0.3 is 0 Å². The number of halogens is 1. The number of anilines is 2. The van der Waals surface area contributed by atoms with E-state index in [1.807, 2.05) is 30.6 Å². The van der Waals surface area contributed by atoms with Crippen molar-refractivity contribution in [1.82, 2.24) is 0 Å². The summed E-state index contributed by atoms with van der Waals surface area (Å²) in [6.45, 7) is 0. The fraction of sp³-hybridized carbons (Fsp3) is 0.0833. The first-order valence-electron chi connectivity index (χ1n) is 5.02. The lowest BCUT2D eigenvalue weighted by molar-refractivity contribution is 0.102. The van der Waals surface area contributed by atoms with Crippen LogP contribution in [0.4, 0.5) is 10.7 Å². The molecule has 0 spiro atoms. The minimum Gasteiger partial charge on any atom is -0.388 e. The molecule has 1 aromatic heterocycles. The van der Waals surface area contributed by atoms with Gasteiger partial charge in [-0.3, -0.25) is 4.79 Å². The van der Waals surface area contributed by atoms with E-state index >= 15 is 0 Å². The highest BCUT2D eigenvalue weighted by Crippen LogP contribution is 2.25. The molecule has 3 nitrogen and oxygen atoms in total. The van der Waals surface area contributed by atoms with Crippen molar-refractivity contribution in [2.24, 2.45) is 0 Å².